The lowest BCUT2D eigenvalue weighted by molar-refractivity contribution is -0.870. The number of rotatable bonds is 27. The van der Waals surface area contributed by atoms with E-state index in [0.717, 1.165) is 24.1 Å². The first-order chi connectivity index (χ1) is 16.3. The minimum absolute atomic E-state index is 0.314. The Balaban J connectivity index is 3.32. The van der Waals surface area contributed by atoms with Gasteiger partial charge < -0.3 is 9.22 Å². The Morgan fingerprint density at radius 1 is 0.559 bits per heavy atom. The standard InChI is InChI=1S/C27H59NO5P/c1-6-7-8-9-10-11-12-13-14-15-16-17-18-19-20-21-24-31-25-22-26-32-34(29,30-5)33-27-23-28(2,3)4/h6-27H2,1-5H3/q+1. The molecular formula is C27H59NO5P+. The molecule has 0 aromatic carbocycles. The van der Waals surface area contributed by atoms with Crippen molar-refractivity contribution in [3.05, 3.63) is 0 Å². The smallest absolute Gasteiger partial charge is 0.381 e. The highest BCUT2D eigenvalue weighted by Crippen LogP contribution is 2.48. The van der Waals surface area contributed by atoms with Gasteiger partial charge in [0, 0.05) is 20.3 Å². The quantitative estimate of drug-likeness (QED) is 0.0636. The van der Waals surface area contributed by atoms with E-state index in [0.29, 0.717) is 26.2 Å². The molecule has 34 heavy (non-hydrogen) atoms. The third-order valence-corrected chi connectivity index (χ3v) is 7.50. The lowest BCUT2D eigenvalue weighted by atomic mass is 10.0. The van der Waals surface area contributed by atoms with E-state index in [1.807, 2.05) is 0 Å². The van der Waals surface area contributed by atoms with Crippen LogP contribution in [0.4, 0.5) is 0 Å². The van der Waals surface area contributed by atoms with Crippen molar-refractivity contribution in [1.82, 2.24) is 0 Å². The fraction of sp³-hybridized carbons (Fsp3) is 1.00. The molecular weight excluding hydrogens is 449 g/mol. The largest absolute Gasteiger partial charge is 0.474 e. The van der Waals surface area contributed by atoms with E-state index in [2.05, 4.69) is 28.1 Å². The van der Waals surface area contributed by atoms with Crippen molar-refractivity contribution in [2.24, 2.45) is 0 Å². The molecule has 0 aliphatic heterocycles. The third kappa shape index (κ3) is 25.1. The van der Waals surface area contributed by atoms with E-state index in [9.17, 15) is 4.57 Å². The molecule has 0 aliphatic rings. The first-order valence-corrected chi connectivity index (χ1v) is 15.6. The Morgan fingerprint density at radius 2 is 0.971 bits per heavy atom. The summed E-state index contributed by atoms with van der Waals surface area (Å²) in [4.78, 5) is 0. The predicted molar refractivity (Wildman–Crippen MR) is 144 cm³/mol. The van der Waals surface area contributed by atoms with E-state index in [4.69, 9.17) is 18.3 Å². The topological polar surface area (TPSA) is 54.0 Å². The molecule has 0 heterocycles. The van der Waals surface area contributed by atoms with E-state index in [1.165, 1.54) is 103 Å². The molecule has 0 aromatic heterocycles. The van der Waals surface area contributed by atoms with Crippen LogP contribution in [0.5, 0.6) is 0 Å². The summed E-state index contributed by atoms with van der Waals surface area (Å²) in [6, 6.07) is 0. The van der Waals surface area contributed by atoms with Crippen molar-refractivity contribution >= 4 is 7.82 Å². The Hall–Kier alpha value is 0.0300. The normalized spacial score (nSPS) is 13.9. The molecule has 0 aromatic rings. The third-order valence-electron chi connectivity index (χ3n) is 6.06. The highest BCUT2D eigenvalue weighted by atomic mass is 31.2. The number of phosphoric ester groups is 1. The minimum Gasteiger partial charge on any atom is -0.381 e. The van der Waals surface area contributed by atoms with Crippen molar-refractivity contribution in [2.45, 2.75) is 116 Å². The molecule has 0 bridgehead atoms. The van der Waals surface area contributed by atoms with Gasteiger partial charge in [-0.2, -0.15) is 0 Å². The second kappa shape index (κ2) is 23.4. The molecule has 0 fully saturated rings. The highest BCUT2D eigenvalue weighted by Gasteiger charge is 2.25. The zero-order valence-electron chi connectivity index (χ0n) is 23.5. The van der Waals surface area contributed by atoms with Gasteiger partial charge in [-0.1, -0.05) is 103 Å². The predicted octanol–water partition coefficient (Wildman–Crippen LogP) is 8.15. The van der Waals surface area contributed by atoms with Crippen LogP contribution in [0.15, 0.2) is 0 Å². The number of phosphoric acid groups is 1. The summed E-state index contributed by atoms with van der Waals surface area (Å²) < 4.78 is 34.4. The van der Waals surface area contributed by atoms with Crippen LogP contribution < -0.4 is 0 Å². The van der Waals surface area contributed by atoms with E-state index in [1.54, 1.807) is 0 Å². The Kier molecular flexibility index (Phi) is 23.5. The number of unbranched alkanes of at least 4 members (excludes halogenated alkanes) is 15. The molecule has 0 spiro atoms. The van der Waals surface area contributed by atoms with Crippen molar-refractivity contribution in [3.8, 4) is 0 Å². The molecule has 7 heteroatoms. The van der Waals surface area contributed by atoms with Gasteiger partial charge in [0.05, 0.1) is 27.7 Å². The fourth-order valence-corrected chi connectivity index (χ4v) is 4.70. The maximum Gasteiger partial charge on any atom is 0.474 e. The van der Waals surface area contributed by atoms with Gasteiger partial charge in [-0.25, -0.2) is 4.57 Å². The lowest BCUT2D eigenvalue weighted by Gasteiger charge is -2.24. The summed E-state index contributed by atoms with van der Waals surface area (Å²) in [6.45, 7) is 5.07. The summed E-state index contributed by atoms with van der Waals surface area (Å²) in [5.74, 6) is 0. The van der Waals surface area contributed by atoms with Crippen LogP contribution in [0.2, 0.25) is 0 Å². The molecule has 1 atom stereocenters. The van der Waals surface area contributed by atoms with Gasteiger partial charge in [0.25, 0.3) is 0 Å². The zero-order valence-corrected chi connectivity index (χ0v) is 24.4. The van der Waals surface area contributed by atoms with E-state index >= 15 is 0 Å². The fourth-order valence-electron chi connectivity index (χ4n) is 3.76. The first-order valence-electron chi connectivity index (χ1n) is 14.2. The molecule has 1 unspecified atom stereocenters. The number of likely N-dealkylation sites (N-methyl/N-ethyl adjacent to an activating group) is 1. The van der Waals surface area contributed by atoms with Crippen molar-refractivity contribution < 1.29 is 27.4 Å². The van der Waals surface area contributed by atoms with Crippen LogP contribution in [-0.2, 0) is 22.9 Å². The average molecular weight is 509 g/mol. The van der Waals surface area contributed by atoms with Gasteiger partial charge in [-0.3, -0.25) is 13.6 Å². The monoisotopic (exact) mass is 508 g/mol. The summed E-state index contributed by atoms with van der Waals surface area (Å²) >= 11 is 0. The van der Waals surface area contributed by atoms with Crippen LogP contribution in [0.3, 0.4) is 0 Å². The second-order valence-corrected chi connectivity index (χ2v) is 12.4. The van der Waals surface area contributed by atoms with Crippen LogP contribution in [0, 0.1) is 0 Å². The van der Waals surface area contributed by atoms with Crippen LogP contribution in [0.1, 0.15) is 116 Å². The Morgan fingerprint density at radius 3 is 1.41 bits per heavy atom. The zero-order chi connectivity index (χ0) is 25.4. The number of nitrogens with zero attached hydrogens (tertiary/aromatic N) is 1. The van der Waals surface area contributed by atoms with Gasteiger partial charge in [0.1, 0.15) is 13.2 Å². The van der Waals surface area contributed by atoms with Crippen molar-refractivity contribution in [2.75, 3.05) is 61.2 Å². The molecule has 206 valence electrons. The average Bonchev–Trinajstić information content (AvgIpc) is 2.79. The second-order valence-electron chi connectivity index (χ2n) is 10.6. The molecule has 0 rings (SSSR count). The lowest BCUT2D eigenvalue weighted by Crippen LogP contribution is -2.37. The maximum atomic E-state index is 12.4. The van der Waals surface area contributed by atoms with Gasteiger partial charge in [-0.15, -0.1) is 0 Å². The number of ether oxygens (including phenoxy) is 1. The molecule has 0 amide bonds. The van der Waals surface area contributed by atoms with Gasteiger partial charge in [0.2, 0.25) is 0 Å². The highest BCUT2D eigenvalue weighted by molar-refractivity contribution is 7.48. The molecule has 0 saturated carbocycles. The van der Waals surface area contributed by atoms with Crippen LogP contribution in [-0.4, -0.2) is 65.7 Å². The molecule has 0 saturated heterocycles. The SMILES string of the molecule is CCCCCCCCCCCCCCCCCCOCCCOP(=O)(OC)OCC[N+](C)(C)C. The summed E-state index contributed by atoms with van der Waals surface area (Å²) in [5.41, 5.74) is 0. The Bertz CT molecular complexity index is 470. The summed E-state index contributed by atoms with van der Waals surface area (Å²) in [5, 5.41) is 0. The van der Waals surface area contributed by atoms with Crippen LogP contribution >= 0.6 is 7.82 Å². The number of hydrogen-bond acceptors (Lipinski definition) is 5. The minimum atomic E-state index is -3.45. The number of quaternary nitrogens is 1. The van der Waals surface area contributed by atoms with Gasteiger partial charge in [0.15, 0.2) is 0 Å². The maximum absolute atomic E-state index is 12.4. The van der Waals surface area contributed by atoms with Crippen molar-refractivity contribution in [1.29, 1.82) is 0 Å². The molecule has 0 aliphatic carbocycles. The van der Waals surface area contributed by atoms with Crippen LogP contribution in [0.25, 0.3) is 0 Å². The van der Waals surface area contributed by atoms with Gasteiger partial charge >= 0.3 is 7.82 Å². The molecule has 0 N–H and O–H groups in total. The molecule has 6 nitrogen and oxygen atoms in total. The van der Waals surface area contributed by atoms with E-state index in [-0.39, 0.29) is 0 Å². The van der Waals surface area contributed by atoms with Crippen molar-refractivity contribution in [3.63, 3.8) is 0 Å². The summed E-state index contributed by atoms with van der Waals surface area (Å²) in [6.07, 6.45) is 22.7. The Labute approximate surface area is 212 Å². The number of hydrogen-bond donors (Lipinski definition) is 0. The van der Waals surface area contributed by atoms with E-state index < -0.39 is 7.82 Å². The first kappa shape index (κ1) is 34.0. The molecule has 0 radical (unpaired) electrons. The summed E-state index contributed by atoms with van der Waals surface area (Å²) in [7, 11) is 4.08. The van der Waals surface area contributed by atoms with Gasteiger partial charge in [-0.05, 0) is 12.8 Å².